The average molecular weight is 138 g/mol. The molecule has 0 rings (SSSR count). The molecule has 0 saturated carbocycles. The number of aliphatic carboxylic acids is 1. The highest BCUT2D eigenvalue weighted by molar-refractivity contribution is 5.68. The zero-order valence-electron chi connectivity index (χ0n) is 4.78. The highest BCUT2D eigenvalue weighted by atomic mass is 16.4. The Morgan fingerprint density at radius 1 is 1.67 bits per heavy atom. The minimum Gasteiger partial charge on any atom is -0.483 e. The number of rotatable bonds is 1. The molecule has 0 radical (unpaired) electrons. The lowest BCUT2D eigenvalue weighted by Gasteiger charge is -1.73. The molecular formula is C3H10N2O4. The fourth-order valence-electron chi connectivity index (χ4n) is 0. The van der Waals surface area contributed by atoms with Gasteiger partial charge in [0.15, 0.2) is 0 Å². The van der Waals surface area contributed by atoms with Crippen molar-refractivity contribution < 1.29 is 19.8 Å². The molecule has 0 aliphatic rings. The maximum absolute atomic E-state index is 9.24. The molecule has 0 saturated heterocycles. The van der Waals surface area contributed by atoms with Crippen molar-refractivity contribution in [1.29, 1.82) is 0 Å². The van der Waals surface area contributed by atoms with E-state index in [0.717, 1.165) is 0 Å². The summed E-state index contributed by atoms with van der Waals surface area (Å²) in [5.41, 5.74) is 4.57. The van der Waals surface area contributed by atoms with Gasteiger partial charge >= 0.3 is 5.97 Å². The minimum atomic E-state index is -0.968. The number of nitrogens with two attached hydrogens (primary N) is 1. The Morgan fingerprint density at radius 2 is 1.78 bits per heavy atom. The molecule has 0 fully saturated rings. The highest BCUT2D eigenvalue weighted by Crippen LogP contribution is 1.43. The van der Waals surface area contributed by atoms with E-state index in [9.17, 15) is 4.79 Å². The second-order valence-electron chi connectivity index (χ2n) is 0.703. The molecule has 0 unspecified atom stereocenters. The summed E-state index contributed by atoms with van der Waals surface area (Å²) >= 11 is 0. The largest absolute Gasteiger partial charge is 0.483 e. The first-order chi connectivity index (χ1) is 3.68. The number of hydrogen-bond acceptors (Lipinski definition) is 4. The van der Waals surface area contributed by atoms with Crippen LogP contribution >= 0.6 is 0 Å². The van der Waals surface area contributed by atoms with Gasteiger partial charge in [-0.2, -0.15) is 0 Å². The Kier molecular flexibility index (Phi) is 27.5. The molecule has 0 aromatic rings. The first-order valence-corrected chi connectivity index (χ1v) is 1.68. The quantitative estimate of drug-likeness (QED) is 0.339. The minimum absolute atomic E-state index is 0. The van der Waals surface area contributed by atoms with Gasteiger partial charge in [-0.25, -0.2) is 0 Å². The summed E-state index contributed by atoms with van der Waals surface area (Å²) in [6, 6.07) is 0. The molecule has 6 heteroatoms. The zero-order valence-corrected chi connectivity index (χ0v) is 4.78. The van der Waals surface area contributed by atoms with Gasteiger partial charge in [-0.1, -0.05) is 0 Å². The molecule has 0 aliphatic heterocycles. The number of carbonyl (C=O) groups is 2. The second-order valence-corrected chi connectivity index (χ2v) is 0.703. The van der Waals surface area contributed by atoms with Gasteiger partial charge in [0.1, 0.15) is 0 Å². The van der Waals surface area contributed by atoms with Gasteiger partial charge in [0, 0.05) is 0 Å². The third-order valence-electron chi connectivity index (χ3n) is 0.175. The van der Waals surface area contributed by atoms with E-state index < -0.39 is 5.97 Å². The maximum atomic E-state index is 9.24. The summed E-state index contributed by atoms with van der Waals surface area (Å²) in [7, 11) is 0. The van der Waals surface area contributed by atoms with Crippen molar-refractivity contribution in [2.45, 2.75) is 0 Å². The van der Waals surface area contributed by atoms with Crippen LogP contribution in [0.4, 0.5) is 0 Å². The molecule has 0 aliphatic carbocycles. The van der Waals surface area contributed by atoms with Crippen LogP contribution in [0, 0.1) is 0 Å². The molecule has 0 spiro atoms. The maximum Gasteiger partial charge on any atom is 0.317 e. The average Bonchev–Trinajstić information content (AvgIpc) is 1.69. The van der Waals surface area contributed by atoms with Gasteiger partial charge in [0.05, 0.1) is 6.54 Å². The van der Waals surface area contributed by atoms with Crippen LogP contribution in [0.2, 0.25) is 0 Å². The topological polar surface area (TPSA) is 136 Å². The predicted octanol–water partition coefficient (Wildman–Crippen LogP) is -1.11. The predicted molar refractivity (Wildman–Crippen MR) is 30.4 cm³/mol. The Labute approximate surface area is 51.9 Å². The van der Waals surface area contributed by atoms with Gasteiger partial charge in [0.2, 0.25) is 0 Å². The fourth-order valence-corrected chi connectivity index (χ4v) is 0. The van der Waals surface area contributed by atoms with Crippen molar-refractivity contribution in [2.24, 2.45) is 5.73 Å². The Balaban J connectivity index is -0.0000000800. The van der Waals surface area contributed by atoms with Crippen LogP contribution in [0.15, 0.2) is 0 Å². The smallest absolute Gasteiger partial charge is 0.317 e. The second kappa shape index (κ2) is 15.8. The Bertz CT molecular complexity index is 74.2. The summed E-state index contributed by atoms with van der Waals surface area (Å²) in [5, 5.41) is 14.5. The summed E-state index contributed by atoms with van der Waals surface area (Å²) in [6.07, 6.45) is 0. The SMILES string of the molecule is N.NCC(=O)O.O=CO. The van der Waals surface area contributed by atoms with Crippen LogP contribution in [0.5, 0.6) is 0 Å². The van der Waals surface area contributed by atoms with E-state index in [1.54, 1.807) is 0 Å². The first-order valence-electron chi connectivity index (χ1n) is 1.68. The molecule has 7 N–H and O–H groups in total. The zero-order chi connectivity index (χ0) is 6.99. The normalized spacial score (nSPS) is 5.44. The van der Waals surface area contributed by atoms with Crippen molar-refractivity contribution >= 4 is 12.4 Å². The molecule has 0 heterocycles. The van der Waals surface area contributed by atoms with Crippen LogP contribution in [-0.2, 0) is 9.59 Å². The van der Waals surface area contributed by atoms with Crippen molar-refractivity contribution in [1.82, 2.24) is 6.15 Å². The monoisotopic (exact) mass is 138 g/mol. The van der Waals surface area contributed by atoms with Crippen LogP contribution in [0.3, 0.4) is 0 Å². The lowest BCUT2D eigenvalue weighted by molar-refractivity contribution is -0.135. The van der Waals surface area contributed by atoms with Gasteiger partial charge < -0.3 is 22.1 Å². The van der Waals surface area contributed by atoms with Crippen molar-refractivity contribution in [3.8, 4) is 0 Å². The molecule has 0 amide bonds. The number of hydrogen-bond donors (Lipinski definition) is 4. The summed E-state index contributed by atoms with van der Waals surface area (Å²) in [6.45, 7) is -0.528. The van der Waals surface area contributed by atoms with Crippen molar-refractivity contribution in [3.05, 3.63) is 0 Å². The lowest BCUT2D eigenvalue weighted by Crippen LogP contribution is -2.10. The molecular weight excluding hydrogens is 128 g/mol. The van der Waals surface area contributed by atoms with Gasteiger partial charge in [-0.3, -0.25) is 9.59 Å². The van der Waals surface area contributed by atoms with E-state index in [1.165, 1.54) is 0 Å². The van der Waals surface area contributed by atoms with Crippen molar-refractivity contribution in [2.75, 3.05) is 6.54 Å². The van der Waals surface area contributed by atoms with E-state index in [1.807, 2.05) is 0 Å². The lowest BCUT2D eigenvalue weighted by atomic mass is 10.7. The van der Waals surface area contributed by atoms with E-state index in [4.69, 9.17) is 15.0 Å². The standard InChI is InChI=1S/C2H5NO2.CH2O2.H3N/c3-1-2(4)5;2-1-3;/h1,3H2,(H,4,5);1H,(H,2,3);1H3. The Morgan fingerprint density at radius 3 is 1.78 bits per heavy atom. The van der Waals surface area contributed by atoms with E-state index in [0.29, 0.717) is 0 Å². The third-order valence-corrected chi connectivity index (χ3v) is 0.175. The van der Waals surface area contributed by atoms with Gasteiger partial charge in [0.25, 0.3) is 6.47 Å². The van der Waals surface area contributed by atoms with Crippen molar-refractivity contribution in [3.63, 3.8) is 0 Å². The molecule has 0 aromatic heterocycles. The fraction of sp³-hybridized carbons (Fsp3) is 0.333. The molecule has 0 atom stereocenters. The molecule has 0 aromatic carbocycles. The first kappa shape index (κ1) is 15.7. The van der Waals surface area contributed by atoms with Crippen LogP contribution in [0.25, 0.3) is 0 Å². The molecule has 56 valence electrons. The van der Waals surface area contributed by atoms with Crippen LogP contribution in [-0.4, -0.2) is 29.2 Å². The molecule has 0 bridgehead atoms. The van der Waals surface area contributed by atoms with E-state index in [-0.39, 0.29) is 19.2 Å². The highest BCUT2D eigenvalue weighted by Gasteiger charge is 1.81. The molecule has 9 heavy (non-hydrogen) atoms. The van der Waals surface area contributed by atoms with Crippen LogP contribution < -0.4 is 11.9 Å². The summed E-state index contributed by atoms with van der Waals surface area (Å²) in [5.74, 6) is -0.968. The van der Waals surface area contributed by atoms with Crippen LogP contribution in [0.1, 0.15) is 0 Å². The molecule has 6 nitrogen and oxygen atoms in total. The van der Waals surface area contributed by atoms with Gasteiger partial charge in [-0.15, -0.1) is 0 Å². The third kappa shape index (κ3) is 219. The number of carboxylic acid groups (broad SMARTS) is 2. The Hall–Kier alpha value is -1.14. The van der Waals surface area contributed by atoms with E-state index in [2.05, 4.69) is 5.73 Å². The van der Waals surface area contributed by atoms with Gasteiger partial charge in [-0.05, 0) is 0 Å². The van der Waals surface area contributed by atoms with E-state index >= 15 is 0 Å². The number of carboxylic acids is 1. The summed E-state index contributed by atoms with van der Waals surface area (Å²) < 4.78 is 0. The summed E-state index contributed by atoms with van der Waals surface area (Å²) in [4.78, 5) is 17.6.